The number of hydrogen-bond acceptors (Lipinski definition) is 5. The molecule has 0 atom stereocenters. The summed E-state index contributed by atoms with van der Waals surface area (Å²) in [6, 6.07) is 3.74. The molecule has 0 radical (unpaired) electrons. The molecule has 2 amide bonds. The van der Waals surface area contributed by atoms with E-state index in [2.05, 4.69) is 25.9 Å². The van der Waals surface area contributed by atoms with Gasteiger partial charge in [0.2, 0.25) is 0 Å². The van der Waals surface area contributed by atoms with Gasteiger partial charge in [-0.25, -0.2) is 9.48 Å². The number of aromatic amines is 1. The van der Waals surface area contributed by atoms with Crippen LogP contribution in [0.4, 0.5) is 22.0 Å². The summed E-state index contributed by atoms with van der Waals surface area (Å²) in [6.07, 6.45) is 0. The fourth-order valence-electron chi connectivity index (χ4n) is 2.45. The minimum absolute atomic E-state index is 0.0945. The number of non-ortho nitro benzene ring substituents is 1. The summed E-state index contributed by atoms with van der Waals surface area (Å²) in [4.78, 5) is 22.5. The third-order valence-electron chi connectivity index (χ3n) is 3.63. The Morgan fingerprint density at radius 1 is 1.33 bits per heavy atom. The summed E-state index contributed by atoms with van der Waals surface area (Å²) in [5.41, 5.74) is 2.32. The number of H-pyrrole nitrogens is 1. The Hall–Kier alpha value is -3.43. The Labute approximate surface area is 136 Å². The molecule has 2 aromatic heterocycles. The lowest BCUT2D eigenvalue weighted by Gasteiger charge is -2.08. The molecule has 24 heavy (non-hydrogen) atoms. The first-order valence-electron chi connectivity index (χ1n) is 7.07. The number of carbonyl (C=O) groups is 1. The summed E-state index contributed by atoms with van der Waals surface area (Å²) < 4.78 is 1.61. The molecule has 124 valence electrons. The number of urea groups is 1. The monoisotopic (exact) mass is 329 g/mol. The highest BCUT2D eigenvalue weighted by Gasteiger charge is 2.16. The number of aryl methyl sites for hydroxylation is 3. The number of benzene rings is 1. The summed E-state index contributed by atoms with van der Waals surface area (Å²) in [5, 5.41) is 27.9. The second kappa shape index (κ2) is 5.65. The van der Waals surface area contributed by atoms with Crippen molar-refractivity contribution in [1.29, 1.82) is 0 Å². The van der Waals surface area contributed by atoms with Gasteiger partial charge >= 0.3 is 6.03 Å². The molecule has 10 heteroatoms. The van der Waals surface area contributed by atoms with E-state index >= 15 is 0 Å². The smallest absolute Gasteiger partial charge is 0.307 e. The maximum Gasteiger partial charge on any atom is 0.324 e. The van der Waals surface area contributed by atoms with Crippen molar-refractivity contribution in [2.75, 3.05) is 10.6 Å². The number of anilines is 2. The molecule has 1 aromatic carbocycles. The molecular formula is C14H15N7O3. The lowest BCUT2D eigenvalue weighted by molar-refractivity contribution is -0.384. The zero-order chi connectivity index (χ0) is 17.4. The predicted molar refractivity (Wildman–Crippen MR) is 88.1 cm³/mol. The van der Waals surface area contributed by atoms with Gasteiger partial charge in [-0.2, -0.15) is 10.2 Å². The van der Waals surface area contributed by atoms with Gasteiger partial charge in [-0.05, 0) is 19.4 Å². The van der Waals surface area contributed by atoms with E-state index in [-0.39, 0.29) is 5.69 Å². The predicted octanol–water partition coefficient (Wildman–Crippen LogP) is 2.47. The number of nitro groups is 1. The SMILES string of the molecule is Cc1ccc([N+](=O)[O-])cc1NC(=O)Nc1[nH]nc2c1c(C)nn2C. The van der Waals surface area contributed by atoms with Crippen LogP contribution in [-0.4, -0.2) is 30.9 Å². The van der Waals surface area contributed by atoms with Crippen molar-refractivity contribution in [3.8, 4) is 0 Å². The summed E-state index contributed by atoms with van der Waals surface area (Å²) >= 11 is 0. The molecule has 0 saturated carbocycles. The molecule has 0 spiro atoms. The standard InChI is InChI=1S/C14H15N7O3/c1-7-4-5-9(21(23)24)6-10(7)15-14(22)16-12-11-8(2)19-20(3)13(11)18-17-12/h4-6H,1-3H3,(H3,15,16,17,18,22). The normalized spacial score (nSPS) is 10.8. The molecule has 0 aliphatic heterocycles. The molecule has 3 rings (SSSR count). The number of amides is 2. The topological polar surface area (TPSA) is 131 Å². The van der Waals surface area contributed by atoms with Crippen molar-refractivity contribution < 1.29 is 9.72 Å². The maximum absolute atomic E-state index is 12.2. The van der Waals surface area contributed by atoms with Gasteiger partial charge in [0.15, 0.2) is 5.65 Å². The van der Waals surface area contributed by atoms with Crippen molar-refractivity contribution in [3.63, 3.8) is 0 Å². The molecule has 3 aromatic rings. The molecule has 0 saturated heterocycles. The first-order chi connectivity index (χ1) is 11.4. The van der Waals surface area contributed by atoms with Crippen LogP contribution in [0.15, 0.2) is 18.2 Å². The van der Waals surface area contributed by atoms with E-state index in [0.717, 1.165) is 5.69 Å². The molecule has 0 bridgehead atoms. The van der Waals surface area contributed by atoms with Crippen LogP contribution in [0.25, 0.3) is 11.0 Å². The van der Waals surface area contributed by atoms with Crippen molar-refractivity contribution in [2.45, 2.75) is 13.8 Å². The fraction of sp³-hybridized carbons (Fsp3) is 0.214. The number of hydrogen-bond donors (Lipinski definition) is 3. The molecule has 2 heterocycles. The lowest BCUT2D eigenvalue weighted by atomic mass is 10.2. The first-order valence-corrected chi connectivity index (χ1v) is 7.07. The summed E-state index contributed by atoms with van der Waals surface area (Å²) in [6.45, 7) is 3.56. The number of nitrogens with one attached hydrogen (secondary N) is 3. The number of nitrogens with zero attached hydrogens (tertiary/aromatic N) is 4. The van der Waals surface area contributed by atoms with Crippen LogP contribution in [0.3, 0.4) is 0 Å². The van der Waals surface area contributed by atoms with Crippen LogP contribution < -0.4 is 10.6 Å². The molecular weight excluding hydrogens is 314 g/mol. The molecule has 3 N–H and O–H groups in total. The summed E-state index contributed by atoms with van der Waals surface area (Å²) in [7, 11) is 1.76. The molecule has 10 nitrogen and oxygen atoms in total. The number of fused-ring (bicyclic) bond motifs is 1. The lowest BCUT2D eigenvalue weighted by Crippen LogP contribution is -2.20. The van der Waals surface area contributed by atoms with Gasteiger partial charge in [0.05, 0.1) is 21.7 Å². The van der Waals surface area contributed by atoms with Gasteiger partial charge in [-0.15, -0.1) is 0 Å². The van der Waals surface area contributed by atoms with E-state index in [9.17, 15) is 14.9 Å². The first kappa shape index (κ1) is 15.5. The van der Waals surface area contributed by atoms with Crippen LogP contribution >= 0.6 is 0 Å². The minimum Gasteiger partial charge on any atom is -0.307 e. The van der Waals surface area contributed by atoms with Crippen LogP contribution in [-0.2, 0) is 7.05 Å². The Bertz CT molecular complexity index is 957. The highest BCUT2D eigenvalue weighted by atomic mass is 16.6. The number of rotatable bonds is 3. The van der Waals surface area contributed by atoms with Crippen LogP contribution in [0.1, 0.15) is 11.3 Å². The van der Waals surface area contributed by atoms with E-state index in [1.54, 1.807) is 24.7 Å². The highest BCUT2D eigenvalue weighted by molar-refractivity contribution is 6.05. The van der Waals surface area contributed by atoms with Gasteiger partial charge in [-0.1, -0.05) is 6.07 Å². The van der Waals surface area contributed by atoms with Crippen molar-refractivity contribution in [2.24, 2.45) is 7.05 Å². The minimum atomic E-state index is -0.535. The van der Waals surface area contributed by atoms with Gasteiger partial charge in [0, 0.05) is 19.2 Å². The second-order valence-corrected chi connectivity index (χ2v) is 5.34. The second-order valence-electron chi connectivity index (χ2n) is 5.34. The largest absolute Gasteiger partial charge is 0.324 e. The Balaban J connectivity index is 1.83. The zero-order valence-corrected chi connectivity index (χ0v) is 13.2. The van der Waals surface area contributed by atoms with E-state index in [4.69, 9.17) is 0 Å². The number of aromatic nitrogens is 4. The van der Waals surface area contributed by atoms with Crippen LogP contribution in [0.2, 0.25) is 0 Å². The van der Waals surface area contributed by atoms with E-state index in [1.165, 1.54) is 12.1 Å². The Morgan fingerprint density at radius 3 is 2.79 bits per heavy atom. The third kappa shape index (κ3) is 2.64. The molecule has 0 fully saturated rings. The van der Waals surface area contributed by atoms with E-state index < -0.39 is 11.0 Å². The van der Waals surface area contributed by atoms with Crippen molar-refractivity contribution in [3.05, 3.63) is 39.6 Å². The van der Waals surface area contributed by atoms with Crippen molar-refractivity contribution >= 4 is 34.3 Å². The summed E-state index contributed by atoms with van der Waals surface area (Å²) in [5.74, 6) is 0.413. The van der Waals surface area contributed by atoms with Crippen LogP contribution in [0, 0.1) is 24.0 Å². The van der Waals surface area contributed by atoms with E-state index in [0.29, 0.717) is 28.1 Å². The van der Waals surface area contributed by atoms with Gasteiger partial charge in [-0.3, -0.25) is 20.5 Å². The zero-order valence-electron chi connectivity index (χ0n) is 13.2. The van der Waals surface area contributed by atoms with Crippen molar-refractivity contribution in [1.82, 2.24) is 20.0 Å². The van der Waals surface area contributed by atoms with Gasteiger partial charge in [0.25, 0.3) is 5.69 Å². The fourth-order valence-corrected chi connectivity index (χ4v) is 2.45. The molecule has 0 aliphatic carbocycles. The molecule has 0 unspecified atom stereocenters. The average Bonchev–Trinajstić information content (AvgIpc) is 3.04. The average molecular weight is 329 g/mol. The number of nitro benzene ring substituents is 1. The highest BCUT2D eigenvalue weighted by Crippen LogP contribution is 2.25. The number of carbonyl (C=O) groups excluding carboxylic acids is 1. The Kier molecular flexibility index (Phi) is 3.64. The molecule has 0 aliphatic rings. The maximum atomic E-state index is 12.2. The Morgan fingerprint density at radius 2 is 2.08 bits per heavy atom. The van der Waals surface area contributed by atoms with Gasteiger partial charge in [0.1, 0.15) is 5.82 Å². The van der Waals surface area contributed by atoms with Crippen LogP contribution in [0.5, 0.6) is 0 Å². The van der Waals surface area contributed by atoms with Gasteiger partial charge < -0.3 is 5.32 Å². The third-order valence-corrected chi connectivity index (χ3v) is 3.63. The van der Waals surface area contributed by atoms with E-state index in [1.807, 2.05) is 6.92 Å². The quantitative estimate of drug-likeness (QED) is 0.502.